The minimum Gasteiger partial charge on any atom is -0.486 e. The lowest BCUT2D eigenvalue weighted by molar-refractivity contribution is 0.171. The number of benzene rings is 1. The van der Waals surface area contributed by atoms with E-state index in [-0.39, 0.29) is 5.92 Å². The van der Waals surface area contributed by atoms with Gasteiger partial charge >= 0.3 is 0 Å². The second kappa shape index (κ2) is 5.36. The second-order valence-electron chi connectivity index (χ2n) is 6.07. The van der Waals surface area contributed by atoms with Crippen LogP contribution >= 0.6 is 0 Å². The monoisotopic (exact) mass is 325 g/mol. The molecule has 5 rings (SSSR count). The topological polar surface area (TPSA) is 83.4 Å². The molecule has 1 saturated carbocycles. The molecular formula is C17H15N3O4. The van der Waals surface area contributed by atoms with Crippen LogP contribution in [-0.2, 0) is 6.42 Å². The first kappa shape index (κ1) is 13.6. The number of hydrogen-bond acceptors (Lipinski definition) is 7. The molecule has 0 amide bonds. The first-order chi connectivity index (χ1) is 11.9. The molecule has 0 saturated heterocycles. The van der Waals surface area contributed by atoms with E-state index in [1.54, 1.807) is 6.07 Å². The minimum atomic E-state index is 0.270. The van der Waals surface area contributed by atoms with Crippen molar-refractivity contribution in [3.8, 4) is 11.5 Å². The van der Waals surface area contributed by atoms with Gasteiger partial charge in [0, 0.05) is 12.0 Å². The van der Waals surface area contributed by atoms with Gasteiger partial charge < -0.3 is 18.5 Å². The standard InChI is InChI=1S/C17H15N3O4/c1-2-14-15(22-6-5-21-14)7-10(1)12-9-13(12)17-18-16(20-24-17)8-11-3-4-23-19-11/h1-4,7,12-13H,5-6,8-9H2/t12-,13-/m0/s1. The zero-order chi connectivity index (χ0) is 15.9. The highest BCUT2D eigenvalue weighted by Crippen LogP contribution is 2.55. The predicted molar refractivity (Wildman–Crippen MR) is 81.1 cm³/mol. The molecule has 7 heteroatoms. The van der Waals surface area contributed by atoms with Crippen LogP contribution in [0.1, 0.15) is 41.2 Å². The van der Waals surface area contributed by atoms with Crippen LogP contribution < -0.4 is 9.47 Å². The molecule has 24 heavy (non-hydrogen) atoms. The molecule has 1 fully saturated rings. The maximum atomic E-state index is 5.65. The van der Waals surface area contributed by atoms with Crippen molar-refractivity contribution >= 4 is 0 Å². The Morgan fingerprint density at radius 3 is 2.79 bits per heavy atom. The minimum absolute atomic E-state index is 0.270. The number of nitrogens with zero attached hydrogens (tertiary/aromatic N) is 3. The molecule has 1 aromatic carbocycles. The van der Waals surface area contributed by atoms with Crippen LogP contribution in [-0.4, -0.2) is 28.5 Å². The molecule has 0 radical (unpaired) electrons. The smallest absolute Gasteiger partial charge is 0.230 e. The van der Waals surface area contributed by atoms with Crippen molar-refractivity contribution in [2.24, 2.45) is 0 Å². The second-order valence-corrected chi connectivity index (χ2v) is 6.07. The Morgan fingerprint density at radius 2 is 1.92 bits per heavy atom. The van der Waals surface area contributed by atoms with E-state index in [1.165, 1.54) is 11.8 Å². The van der Waals surface area contributed by atoms with Crippen molar-refractivity contribution in [3.05, 3.63) is 53.5 Å². The van der Waals surface area contributed by atoms with Gasteiger partial charge in [-0.05, 0) is 30.0 Å². The summed E-state index contributed by atoms with van der Waals surface area (Å²) in [6, 6.07) is 7.92. The molecule has 1 aliphatic carbocycles. The Kier molecular flexibility index (Phi) is 3.04. The van der Waals surface area contributed by atoms with Crippen LogP contribution in [0.4, 0.5) is 0 Å². The molecule has 122 valence electrons. The Balaban J connectivity index is 1.31. The summed E-state index contributed by atoms with van der Waals surface area (Å²) >= 11 is 0. The van der Waals surface area contributed by atoms with Crippen molar-refractivity contribution < 1.29 is 18.5 Å². The van der Waals surface area contributed by atoms with Gasteiger partial charge in [-0.1, -0.05) is 16.4 Å². The van der Waals surface area contributed by atoms with Crippen molar-refractivity contribution in [1.82, 2.24) is 15.3 Å². The summed E-state index contributed by atoms with van der Waals surface area (Å²) in [5.41, 5.74) is 2.02. The molecule has 7 nitrogen and oxygen atoms in total. The van der Waals surface area contributed by atoms with Gasteiger partial charge in [0.25, 0.3) is 0 Å². The molecule has 0 bridgehead atoms. The lowest BCUT2D eigenvalue weighted by Gasteiger charge is -2.18. The van der Waals surface area contributed by atoms with Gasteiger partial charge in [-0.2, -0.15) is 4.98 Å². The number of fused-ring (bicyclic) bond motifs is 1. The predicted octanol–water partition coefficient (Wildman–Crippen LogP) is 2.69. The van der Waals surface area contributed by atoms with Crippen LogP contribution in [0.2, 0.25) is 0 Å². The Morgan fingerprint density at radius 1 is 1.00 bits per heavy atom. The van der Waals surface area contributed by atoms with Crippen molar-refractivity contribution in [2.75, 3.05) is 13.2 Å². The van der Waals surface area contributed by atoms with Crippen LogP contribution in [0.15, 0.2) is 39.6 Å². The van der Waals surface area contributed by atoms with E-state index in [1.807, 2.05) is 6.07 Å². The van der Waals surface area contributed by atoms with Gasteiger partial charge in [0.05, 0.1) is 12.1 Å². The van der Waals surface area contributed by atoms with Gasteiger partial charge in [0.1, 0.15) is 19.5 Å². The lowest BCUT2D eigenvalue weighted by Crippen LogP contribution is -2.15. The van der Waals surface area contributed by atoms with Crippen LogP contribution in [0.5, 0.6) is 11.5 Å². The highest BCUT2D eigenvalue weighted by atomic mass is 16.6. The first-order valence-electron chi connectivity index (χ1n) is 7.98. The maximum Gasteiger partial charge on any atom is 0.230 e. The average Bonchev–Trinajstić information content (AvgIpc) is 3.02. The van der Waals surface area contributed by atoms with E-state index in [0.29, 0.717) is 37.3 Å². The summed E-state index contributed by atoms with van der Waals surface area (Å²) in [7, 11) is 0. The van der Waals surface area contributed by atoms with Gasteiger partial charge in [-0.25, -0.2) is 0 Å². The van der Waals surface area contributed by atoms with E-state index in [9.17, 15) is 0 Å². The maximum absolute atomic E-state index is 5.65. The highest BCUT2D eigenvalue weighted by Gasteiger charge is 2.44. The van der Waals surface area contributed by atoms with Crippen LogP contribution in [0.3, 0.4) is 0 Å². The normalized spacial score (nSPS) is 21.7. The summed E-state index contributed by atoms with van der Waals surface area (Å²) < 4.78 is 21.5. The van der Waals surface area contributed by atoms with Crippen molar-refractivity contribution in [2.45, 2.75) is 24.7 Å². The molecule has 3 aromatic rings. The third-order valence-electron chi connectivity index (χ3n) is 4.42. The molecule has 1 aliphatic heterocycles. The molecular weight excluding hydrogens is 310 g/mol. The quantitative estimate of drug-likeness (QED) is 0.729. The molecule has 0 N–H and O–H groups in total. The van der Waals surface area contributed by atoms with E-state index in [0.717, 1.165) is 23.6 Å². The fraction of sp³-hybridized carbons (Fsp3) is 0.353. The third kappa shape index (κ3) is 2.42. The van der Waals surface area contributed by atoms with Gasteiger partial charge in [0.2, 0.25) is 5.89 Å². The Hall–Kier alpha value is -2.83. The van der Waals surface area contributed by atoms with Crippen molar-refractivity contribution in [1.29, 1.82) is 0 Å². The number of aromatic nitrogens is 3. The zero-order valence-electron chi connectivity index (χ0n) is 12.8. The van der Waals surface area contributed by atoms with Crippen molar-refractivity contribution in [3.63, 3.8) is 0 Å². The van der Waals surface area contributed by atoms with E-state index >= 15 is 0 Å². The number of ether oxygens (including phenoxy) is 2. The van der Waals surface area contributed by atoms with Crippen LogP contribution in [0, 0.1) is 0 Å². The highest BCUT2D eigenvalue weighted by molar-refractivity contribution is 5.46. The molecule has 2 aliphatic rings. The molecule has 0 spiro atoms. The summed E-state index contributed by atoms with van der Waals surface area (Å²) in [6.45, 7) is 1.20. The average molecular weight is 325 g/mol. The number of rotatable bonds is 4. The van der Waals surface area contributed by atoms with Crippen LogP contribution in [0.25, 0.3) is 0 Å². The van der Waals surface area contributed by atoms with Gasteiger partial charge in [-0.3, -0.25) is 0 Å². The van der Waals surface area contributed by atoms with E-state index in [4.69, 9.17) is 18.5 Å². The molecule has 2 atom stereocenters. The lowest BCUT2D eigenvalue weighted by atomic mass is 10.1. The summed E-state index contributed by atoms with van der Waals surface area (Å²) in [5.74, 6) is 3.61. The summed E-state index contributed by atoms with van der Waals surface area (Å²) in [6.07, 6.45) is 3.06. The first-order valence-corrected chi connectivity index (χ1v) is 7.98. The summed E-state index contributed by atoms with van der Waals surface area (Å²) in [5, 5.41) is 7.90. The summed E-state index contributed by atoms with van der Waals surface area (Å²) in [4.78, 5) is 4.49. The number of hydrogen-bond donors (Lipinski definition) is 0. The molecule has 2 aromatic heterocycles. The Labute approximate surface area is 137 Å². The largest absolute Gasteiger partial charge is 0.486 e. The Bertz CT molecular complexity index is 859. The molecule has 3 heterocycles. The van der Waals surface area contributed by atoms with E-state index < -0.39 is 0 Å². The SMILES string of the molecule is c1cc(Cc2noc([C@H]3C[C@H]3c3ccc4c(c3)OCCO4)n2)no1. The van der Waals surface area contributed by atoms with Gasteiger partial charge in [-0.15, -0.1) is 0 Å². The van der Waals surface area contributed by atoms with E-state index in [2.05, 4.69) is 27.4 Å². The molecule has 0 unspecified atom stereocenters. The third-order valence-corrected chi connectivity index (χ3v) is 4.42. The zero-order valence-corrected chi connectivity index (χ0v) is 12.8. The fourth-order valence-electron chi connectivity index (χ4n) is 3.11. The van der Waals surface area contributed by atoms with Gasteiger partial charge in [0.15, 0.2) is 17.3 Å². The fourth-order valence-corrected chi connectivity index (χ4v) is 3.11.